The highest BCUT2D eigenvalue weighted by atomic mass is 16.3. The average molecular weight is 330 g/mol. The fraction of sp³-hybridized carbons (Fsp3) is 0.250. The van der Waals surface area contributed by atoms with E-state index in [-0.39, 0.29) is 12.0 Å². The zero-order valence-corrected chi connectivity index (χ0v) is 14.8. The molecular formula is C24H26O. The van der Waals surface area contributed by atoms with Crippen molar-refractivity contribution in [1.29, 1.82) is 0 Å². The van der Waals surface area contributed by atoms with Gasteiger partial charge in [0.05, 0.1) is 6.10 Å². The van der Waals surface area contributed by atoms with Crippen molar-refractivity contribution in [2.75, 3.05) is 0 Å². The van der Waals surface area contributed by atoms with Crippen molar-refractivity contribution in [1.82, 2.24) is 0 Å². The molecule has 25 heavy (non-hydrogen) atoms. The fourth-order valence-corrected chi connectivity index (χ4v) is 3.32. The van der Waals surface area contributed by atoms with Gasteiger partial charge in [-0.3, -0.25) is 0 Å². The largest absolute Gasteiger partial charge is 0.393 e. The van der Waals surface area contributed by atoms with E-state index in [0.29, 0.717) is 0 Å². The van der Waals surface area contributed by atoms with Crippen molar-refractivity contribution in [2.24, 2.45) is 0 Å². The molecule has 2 unspecified atom stereocenters. The van der Waals surface area contributed by atoms with Gasteiger partial charge in [-0.1, -0.05) is 90.5 Å². The quantitative estimate of drug-likeness (QED) is 0.605. The van der Waals surface area contributed by atoms with E-state index in [2.05, 4.69) is 79.7 Å². The summed E-state index contributed by atoms with van der Waals surface area (Å²) < 4.78 is 0. The van der Waals surface area contributed by atoms with Crippen LogP contribution in [0.25, 0.3) is 0 Å². The third-order valence-electron chi connectivity index (χ3n) is 4.80. The van der Waals surface area contributed by atoms with Crippen LogP contribution in [-0.2, 0) is 6.42 Å². The van der Waals surface area contributed by atoms with Crippen LogP contribution in [0.4, 0.5) is 0 Å². The van der Waals surface area contributed by atoms with Gasteiger partial charge in [0.15, 0.2) is 0 Å². The summed E-state index contributed by atoms with van der Waals surface area (Å²) in [6.45, 7) is 2.11. The molecule has 0 heterocycles. The normalized spacial score (nSPS) is 13.4. The Balaban J connectivity index is 1.72. The van der Waals surface area contributed by atoms with Crippen LogP contribution in [0.1, 0.15) is 41.0 Å². The molecule has 3 aromatic carbocycles. The van der Waals surface area contributed by atoms with Gasteiger partial charge in [-0.05, 0) is 42.9 Å². The molecule has 0 aliphatic heterocycles. The van der Waals surface area contributed by atoms with Crippen LogP contribution in [0.5, 0.6) is 0 Å². The highest BCUT2D eigenvalue weighted by molar-refractivity contribution is 5.34. The summed E-state index contributed by atoms with van der Waals surface area (Å²) in [5.41, 5.74) is 5.09. The molecule has 0 amide bonds. The molecule has 1 N–H and O–H groups in total. The number of aliphatic hydroxyl groups is 1. The Morgan fingerprint density at radius 1 is 0.720 bits per heavy atom. The van der Waals surface area contributed by atoms with E-state index < -0.39 is 0 Å². The molecule has 1 nitrogen and oxygen atoms in total. The van der Waals surface area contributed by atoms with Crippen LogP contribution < -0.4 is 0 Å². The summed E-state index contributed by atoms with van der Waals surface area (Å²) in [5.74, 6) is 0.229. The molecule has 2 atom stereocenters. The molecule has 0 aromatic heterocycles. The molecule has 3 aromatic rings. The Morgan fingerprint density at radius 3 is 1.92 bits per heavy atom. The number of benzene rings is 3. The lowest BCUT2D eigenvalue weighted by Gasteiger charge is -2.22. The maximum Gasteiger partial charge on any atom is 0.0552 e. The van der Waals surface area contributed by atoms with Crippen LogP contribution >= 0.6 is 0 Å². The Bertz CT molecular complexity index is 747. The molecule has 0 spiro atoms. The Morgan fingerprint density at radius 2 is 1.28 bits per heavy atom. The van der Waals surface area contributed by atoms with Gasteiger partial charge in [-0.25, -0.2) is 0 Å². The minimum absolute atomic E-state index is 0.229. The van der Waals surface area contributed by atoms with Crippen LogP contribution in [0.2, 0.25) is 0 Å². The van der Waals surface area contributed by atoms with Crippen molar-refractivity contribution < 1.29 is 5.11 Å². The molecule has 1 heteroatoms. The molecule has 0 saturated heterocycles. The first-order valence-corrected chi connectivity index (χ1v) is 9.06. The number of hydrogen-bond donors (Lipinski definition) is 1. The van der Waals surface area contributed by atoms with Crippen LogP contribution in [0.3, 0.4) is 0 Å². The second-order valence-electron chi connectivity index (χ2n) is 6.79. The van der Waals surface area contributed by atoms with Crippen LogP contribution in [0, 0.1) is 6.92 Å². The fourth-order valence-electron chi connectivity index (χ4n) is 3.32. The van der Waals surface area contributed by atoms with Crippen molar-refractivity contribution in [3.05, 3.63) is 107 Å². The van der Waals surface area contributed by atoms with Gasteiger partial charge in [-0.15, -0.1) is 0 Å². The number of aryl methyl sites for hydroxylation is 2. The summed E-state index contributed by atoms with van der Waals surface area (Å²) in [5, 5.41) is 10.7. The Hall–Kier alpha value is -2.38. The predicted molar refractivity (Wildman–Crippen MR) is 105 cm³/mol. The monoisotopic (exact) mass is 330 g/mol. The molecule has 3 rings (SSSR count). The lowest BCUT2D eigenvalue weighted by Crippen LogP contribution is -2.14. The zero-order valence-electron chi connectivity index (χ0n) is 14.8. The van der Waals surface area contributed by atoms with Gasteiger partial charge in [-0.2, -0.15) is 0 Å². The van der Waals surface area contributed by atoms with E-state index in [1.807, 2.05) is 12.1 Å². The Kier molecular flexibility index (Phi) is 6.03. The third-order valence-corrected chi connectivity index (χ3v) is 4.80. The van der Waals surface area contributed by atoms with E-state index >= 15 is 0 Å². The first kappa shape index (κ1) is 17.4. The first-order valence-electron chi connectivity index (χ1n) is 9.06. The summed E-state index contributed by atoms with van der Waals surface area (Å²) >= 11 is 0. The molecule has 0 bridgehead atoms. The minimum atomic E-state index is -0.313. The smallest absolute Gasteiger partial charge is 0.0552 e. The first-order chi connectivity index (χ1) is 12.2. The second-order valence-corrected chi connectivity index (χ2v) is 6.79. The lowest BCUT2D eigenvalue weighted by molar-refractivity contribution is 0.150. The standard InChI is InChI=1S/C24H26O/c1-19-12-15-22(16-13-19)24(21-10-6-3-7-11-21)18-23(25)17-14-20-8-4-2-5-9-20/h2-13,15-16,23-25H,14,17-18H2,1H3. The lowest BCUT2D eigenvalue weighted by atomic mass is 9.85. The van der Waals surface area contributed by atoms with Gasteiger partial charge < -0.3 is 5.11 Å². The maximum atomic E-state index is 10.7. The topological polar surface area (TPSA) is 20.2 Å². The molecule has 0 saturated carbocycles. The SMILES string of the molecule is Cc1ccc(C(CC(O)CCc2ccccc2)c2ccccc2)cc1. The number of aliphatic hydroxyl groups excluding tert-OH is 1. The zero-order chi connectivity index (χ0) is 17.5. The minimum Gasteiger partial charge on any atom is -0.393 e. The van der Waals surface area contributed by atoms with Gasteiger partial charge in [0.2, 0.25) is 0 Å². The molecule has 0 radical (unpaired) electrons. The van der Waals surface area contributed by atoms with E-state index in [1.165, 1.54) is 22.3 Å². The molecule has 0 aliphatic rings. The Labute approximate surface area is 151 Å². The highest BCUT2D eigenvalue weighted by Gasteiger charge is 2.18. The van der Waals surface area contributed by atoms with Crippen molar-refractivity contribution in [2.45, 2.75) is 38.2 Å². The van der Waals surface area contributed by atoms with Crippen molar-refractivity contribution >= 4 is 0 Å². The average Bonchev–Trinajstić information content (AvgIpc) is 2.67. The van der Waals surface area contributed by atoms with Gasteiger partial charge in [0, 0.05) is 5.92 Å². The maximum absolute atomic E-state index is 10.7. The number of hydrogen-bond acceptors (Lipinski definition) is 1. The van der Waals surface area contributed by atoms with E-state index in [4.69, 9.17) is 0 Å². The predicted octanol–water partition coefficient (Wildman–Crippen LogP) is 5.51. The summed E-state index contributed by atoms with van der Waals surface area (Å²) in [7, 11) is 0. The summed E-state index contributed by atoms with van der Waals surface area (Å²) in [6.07, 6.45) is 2.14. The van der Waals surface area contributed by atoms with E-state index in [9.17, 15) is 5.11 Å². The van der Waals surface area contributed by atoms with Crippen LogP contribution in [-0.4, -0.2) is 11.2 Å². The van der Waals surface area contributed by atoms with Gasteiger partial charge in [0.25, 0.3) is 0 Å². The van der Waals surface area contributed by atoms with Gasteiger partial charge >= 0.3 is 0 Å². The molecule has 128 valence electrons. The molecule has 0 fully saturated rings. The summed E-state index contributed by atoms with van der Waals surface area (Å²) in [6, 6.07) is 29.6. The third kappa shape index (κ3) is 5.04. The highest BCUT2D eigenvalue weighted by Crippen LogP contribution is 2.30. The molecule has 0 aliphatic carbocycles. The van der Waals surface area contributed by atoms with Crippen LogP contribution in [0.15, 0.2) is 84.9 Å². The van der Waals surface area contributed by atoms with Gasteiger partial charge in [0.1, 0.15) is 0 Å². The van der Waals surface area contributed by atoms with E-state index in [0.717, 1.165) is 19.3 Å². The molecular weight excluding hydrogens is 304 g/mol. The van der Waals surface area contributed by atoms with Crippen molar-refractivity contribution in [3.8, 4) is 0 Å². The van der Waals surface area contributed by atoms with E-state index in [1.54, 1.807) is 0 Å². The second kappa shape index (κ2) is 8.64. The van der Waals surface area contributed by atoms with Crippen molar-refractivity contribution in [3.63, 3.8) is 0 Å². The summed E-state index contributed by atoms with van der Waals surface area (Å²) in [4.78, 5) is 0. The number of rotatable bonds is 7.